The summed E-state index contributed by atoms with van der Waals surface area (Å²) in [6.07, 6.45) is 0.182. The molecule has 0 radical (unpaired) electrons. The Morgan fingerprint density at radius 2 is 2.24 bits per heavy atom. The van der Waals surface area contributed by atoms with Crippen molar-refractivity contribution in [3.63, 3.8) is 0 Å². The van der Waals surface area contributed by atoms with Crippen LogP contribution in [0.3, 0.4) is 0 Å². The molecule has 0 unspecified atom stereocenters. The van der Waals surface area contributed by atoms with Gasteiger partial charge in [-0.1, -0.05) is 18.7 Å². The minimum Gasteiger partial charge on any atom is -0.465 e. The molecule has 17 heavy (non-hydrogen) atoms. The number of carbonyl (C=O) groups is 2. The molecule has 1 aromatic carbocycles. The monoisotopic (exact) mass is 234 g/mol. The zero-order chi connectivity index (χ0) is 12.8. The van der Waals surface area contributed by atoms with Gasteiger partial charge in [-0.25, -0.2) is 4.79 Å². The molecule has 0 atom stereocenters. The van der Waals surface area contributed by atoms with Crippen LogP contribution in [0.2, 0.25) is 0 Å². The lowest BCUT2D eigenvalue weighted by Gasteiger charge is -2.13. The van der Waals surface area contributed by atoms with Crippen LogP contribution in [0.4, 0.5) is 10.5 Å². The molecule has 1 rings (SSSR count). The molecule has 2 amide bonds. The fourth-order valence-electron chi connectivity index (χ4n) is 1.28. The molecule has 1 aromatic rings. The van der Waals surface area contributed by atoms with Gasteiger partial charge in [0.1, 0.15) is 0 Å². The van der Waals surface area contributed by atoms with Crippen LogP contribution in [0.1, 0.15) is 5.56 Å². The Kier molecular flexibility index (Phi) is 4.28. The van der Waals surface area contributed by atoms with Gasteiger partial charge in [0.05, 0.1) is 0 Å². The van der Waals surface area contributed by atoms with Gasteiger partial charge in [0.2, 0.25) is 5.91 Å². The van der Waals surface area contributed by atoms with E-state index >= 15 is 0 Å². The Labute approximate surface area is 99.4 Å². The van der Waals surface area contributed by atoms with Crippen LogP contribution in [-0.2, 0) is 11.3 Å². The van der Waals surface area contributed by atoms with Gasteiger partial charge in [-0.05, 0) is 23.8 Å². The highest BCUT2D eigenvalue weighted by atomic mass is 16.4. The van der Waals surface area contributed by atoms with Crippen molar-refractivity contribution in [3.05, 3.63) is 42.5 Å². The number of anilines is 1. The van der Waals surface area contributed by atoms with E-state index in [4.69, 9.17) is 5.11 Å². The standard InChI is InChI=1S/C12H14N2O3/c1-3-11(15)13-10-6-4-5-9(7-10)8-14(2)12(16)17/h3-7H,1,8H2,2H3,(H,13,15)(H,16,17). The number of hydrogen-bond donors (Lipinski definition) is 2. The summed E-state index contributed by atoms with van der Waals surface area (Å²) in [6, 6.07) is 7.00. The molecular formula is C12H14N2O3. The van der Waals surface area contributed by atoms with Crippen LogP contribution < -0.4 is 5.32 Å². The molecule has 0 aromatic heterocycles. The number of benzene rings is 1. The second-order valence-corrected chi connectivity index (χ2v) is 3.53. The minimum atomic E-state index is -0.995. The van der Waals surface area contributed by atoms with E-state index in [2.05, 4.69) is 11.9 Å². The van der Waals surface area contributed by atoms with Crippen LogP contribution in [0, 0.1) is 0 Å². The quantitative estimate of drug-likeness (QED) is 0.782. The summed E-state index contributed by atoms with van der Waals surface area (Å²) in [5, 5.41) is 11.4. The van der Waals surface area contributed by atoms with E-state index < -0.39 is 6.09 Å². The number of carbonyl (C=O) groups excluding carboxylic acids is 1. The molecule has 0 aliphatic carbocycles. The maximum atomic E-state index is 11.1. The van der Waals surface area contributed by atoms with Crippen molar-refractivity contribution < 1.29 is 14.7 Å². The van der Waals surface area contributed by atoms with Gasteiger partial charge in [-0.2, -0.15) is 0 Å². The number of carboxylic acid groups (broad SMARTS) is 1. The van der Waals surface area contributed by atoms with Crippen molar-refractivity contribution in [2.24, 2.45) is 0 Å². The second-order valence-electron chi connectivity index (χ2n) is 3.53. The van der Waals surface area contributed by atoms with Crippen LogP contribution >= 0.6 is 0 Å². The first-order valence-electron chi connectivity index (χ1n) is 4.99. The van der Waals surface area contributed by atoms with Crippen molar-refractivity contribution in [2.45, 2.75) is 6.54 Å². The number of hydrogen-bond acceptors (Lipinski definition) is 2. The van der Waals surface area contributed by atoms with Gasteiger partial charge in [0.15, 0.2) is 0 Å². The van der Waals surface area contributed by atoms with Crippen LogP contribution in [0.5, 0.6) is 0 Å². The van der Waals surface area contributed by atoms with E-state index in [1.807, 2.05) is 0 Å². The number of nitrogens with one attached hydrogen (secondary N) is 1. The Morgan fingerprint density at radius 3 is 2.82 bits per heavy atom. The molecule has 2 N–H and O–H groups in total. The van der Waals surface area contributed by atoms with E-state index in [-0.39, 0.29) is 12.5 Å². The molecule has 0 saturated heterocycles. The lowest BCUT2D eigenvalue weighted by molar-refractivity contribution is -0.111. The summed E-state index contributed by atoms with van der Waals surface area (Å²) < 4.78 is 0. The number of nitrogens with zero attached hydrogens (tertiary/aromatic N) is 1. The third-order valence-corrected chi connectivity index (χ3v) is 2.13. The van der Waals surface area contributed by atoms with Gasteiger partial charge >= 0.3 is 6.09 Å². The smallest absolute Gasteiger partial charge is 0.407 e. The van der Waals surface area contributed by atoms with Crippen LogP contribution in [-0.4, -0.2) is 29.1 Å². The molecule has 0 heterocycles. The Bertz CT molecular complexity index is 443. The number of rotatable bonds is 4. The van der Waals surface area contributed by atoms with Gasteiger partial charge < -0.3 is 15.3 Å². The number of amides is 2. The fraction of sp³-hybridized carbons (Fsp3) is 0.167. The topological polar surface area (TPSA) is 69.6 Å². The predicted molar refractivity (Wildman–Crippen MR) is 64.8 cm³/mol. The molecule has 0 bridgehead atoms. The van der Waals surface area contributed by atoms with E-state index in [9.17, 15) is 9.59 Å². The Morgan fingerprint density at radius 1 is 1.53 bits per heavy atom. The first-order valence-corrected chi connectivity index (χ1v) is 4.99. The van der Waals surface area contributed by atoms with Gasteiger partial charge in [-0.15, -0.1) is 0 Å². The second kappa shape index (κ2) is 5.69. The first-order chi connectivity index (χ1) is 8.02. The predicted octanol–water partition coefficient (Wildman–Crippen LogP) is 1.92. The van der Waals surface area contributed by atoms with Crippen molar-refractivity contribution in [2.75, 3.05) is 12.4 Å². The van der Waals surface area contributed by atoms with Crippen molar-refractivity contribution >= 4 is 17.7 Å². The highest BCUT2D eigenvalue weighted by molar-refractivity contribution is 5.98. The lowest BCUT2D eigenvalue weighted by Crippen LogP contribution is -2.23. The highest BCUT2D eigenvalue weighted by Gasteiger charge is 2.06. The largest absolute Gasteiger partial charge is 0.465 e. The SMILES string of the molecule is C=CC(=O)Nc1cccc(CN(C)C(=O)O)c1. The minimum absolute atomic E-state index is 0.271. The normalized spacial score (nSPS) is 9.47. The van der Waals surface area contributed by atoms with Crippen LogP contribution in [0.15, 0.2) is 36.9 Å². The van der Waals surface area contributed by atoms with Crippen LogP contribution in [0.25, 0.3) is 0 Å². The van der Waals surface area contributed by atoms with E-state index in [1.165, 1.54) is 13.1 Å². The summed E-state index contributed by atoms with van der Waals surface area (Å²) in [6.45, 7) is 3.62. The summed E-state index contributed by atoms with van der Waals surface area (Å²) in [5.41, 5.74) is 1.42. The third-order valence-electron chi connectivity index (χ3n) is 2.13. The van der Waals surface area contributed by atoms with E-state index in [0.717, 1.165) is 10.5 Å². The van der Waals surface area contributed by atoms with Gasteiger partial charge in [0.25, 0.3) is 0 Å². The first kappa shape index (κ1) is 12.8. The maximum Gasteiger partial charge on any atom is 0.407 e. The molecule has 0 fully saturated rings. The van der Waals surface area contributed by atoms with Crippen molar-refractivity contribution in [1.82, 2.24) is 4.90 Å². The van der Waals surface area contributed by atoms with E-state index in [1.54, 1.807) is 24.3 Å². The third kappa shape index (κ3) is 3.98. The lowest BCUT2D eigenvalue weighted by atomic mass is 10.2. The highest BCUT2D eigenvalue weighted by Crippen LogP contribution is 2.12. The Hall–Kier alpha value is -2.30. The average molecular weight is 234 g/mol. The summed E-state index contributed by atoms with van der Waals surface area (Å²) in [4.78, 5) is 22.9. The van der Waals surface area contributed by atoms with Gasteiger partial charge in [0, 0.05) is 19.3 Å². The molecule has 0 spiro atoms. The summed E-state index contributed by atoms with van der Waals surface area (Å²) >= 11 is 0. The summed E-state index contributed by atoms with van der Waals surface area (Å²) in [5.74, 6) is -0.297. The molecule has 5 nitrogen and oxygen atoms in total. The molecule has 5 heteroatoms. The summed E-state index contributed by atoms with van der Waals surface area (Å²) in [7, 11) is 1.48. The molecule has 0 saturated carbocycles. The molecule has 0 aliphatic rings. The maximum absolute atomic E-state index is 11.1. The van der Waals surface area contributed by atoms with Crippen molar-refractivity contribution in [1.29, 1.82) is 0 Å². The Balaban J connectivity index is 2.75. The van der Waals surface area contributed by atoms with E-state index in [0.29, 0.717) is 5.69 Å². The molecule has 90 valence electrons. The zero-order valence-electron chi connectivity index (χ0n) is 9.51. The average Bonchev–Trinajstić information content (AvgIpc) is 2.29. The van der Waals surface area contributed by atoms with Gasteiger partial charge in [-0.3, -0.25) is 4.79 Å². The molecular weight excluding hydrogens is 220 g/mol. The zero-order valence-corrected chi connectivity index (χ0v) is 9.51. The van der Waals surface area contributed by atoms with Crippen molar-refractivity contribution in [3.8, 4) is 0 Å². The fourth-order valence-corrected chi connectivity index (χ4v) is 1.28. The molecule has 0 aliphatic heterocycles.